The number of carbonyl (C=O) groups is 1. The average Bonchev–Trinajstić information content (AvgIpc) is 2.95. The van der Waals surface area contributed by atoms with Crippen LogP contribution in [0.5, 0.6) is 5.88 Å². The molecule has 0 spiro atoms. The van der Waals surface area contributed by atoms with Crippen LogP contribution >= 0.6 is 15.9 Å². The largest absolute Gasteiger partial charge is 0.481 e. The predicted molar refractivity (Wildman–Crippen MR) is 143 cm³/mol. The van der Waals surface area contributed by atoms with E-state index in [-0.39, 0.29) is 29.6 Å². The minimum absolute atomic E-state index is 0.152. The highest BCUT2D eigenvalue weighted by molar-refractivity contribution is 9.10. The van der Waals surface area contributed by atoms with Crippen LogP contribution in [0.3, 0.4) is 0 Å². The highest BCUT2D eigenvalue weighted by atomic mass is 79.9. The molecule has 0 bridgehead atoms. The molecule has 3 aromatic rings. The molecule has 0 saturated carbocycles. The third-order valence-corrected chi connectivity index (χ3v) is 6.91. The zero-order valence-corrected chi connectivity index (χ0v) is 23.5. The highest BCUT2D eigenvalue weighted by Crippen LogP contribution is 2.41. The van der Waals surface area contributed by atoms with Gasteiger partial charge in [-0.1, -0.05) is 6.92 Å². The van der Waals surface area contributed by atoms with Crippen LogP contribution in [-0.2, 0) is 10.9 Å². The molecule has 4 rings (SSSR count). The molecule has 1 aromatic carbocycles. The number of carbonyl (C=O) groups excluding carboxylic acids is 1. The maximum Gasteiger partial charge on any atom is 0.416 e. The number of hydrogen-bond donors (Lipinski definition) is 1. The summed E-state index contributed by atoms with van der Waals surface area (Å²) in [6.07, 6.45) is -1.28. The lowest BCUT2D eigenvalue weighted by atomic mass is 9.91. The number of fused-ring (bicyclic) bond motifs is 1. The molecule has 0 saturated heterocycles. The van der Waals surface area contributed by atoms with Crippen molar-refractivity contribution in [1.29, 1.82) is 5.26 Å². The molecular weight excluding hydrogens is 593 g/mol. The Morgan fingerprint density at radius 1 is 1.25 bits per heavy atom. The fourth-order valence-corrected chi connectivity index (χ4v) is 4.89. The lowest BCUT2D eigenvalue weighted by Crippen LogP contribution is -2.48. The SMILES string of the molecule is CCOC(=O)N1c2ccc(OC)nc2[C@@H](NC(c2cc(C#N)cc(C(F)(F)F)c2)c2ncc(Br)cn2)C[C@H]1CC. The van der Waals surface area contributed by atoms with E-state index in [1.807, 2.05) is 13.0 Å². The van der Waals surface area contributed by atoms with Gasteiger partial charge in [0, 0.05) is 24.5 Å². The molecule has 1 aliphatic heterocycles. The summed E-state index contributed by atoms with van der Waals surface area (Å²) < 4.78 is 52.6. The Morgan fingerprint density at radius 3 is 2.58 bits per heavy atom. The van der Waals surface area contributed by atoms with Crippen LogP contribution in [0.4, 0.5) is 23.7 Å². The zero-order chi connectivity index (χ0) is 29.0. The highest BCUT2D eigenvalue weighted by Gasteiger charge is 2.39. The van der Waals surface area contributed by atoms with Crippen molar-refractivity contribution in [1.82, 2.24) is 20.3 Å². The van der Waals surface area contributed by atoms with E-state index in [1.165, 1.54) is 25.6 Å². The Balaban J connectivity index is 1.86. The molecule has 1 N–H and O–H groups in total. The Morgan fingerprint density at radius 2 is 1.98 bits per heavy atom. The molecular formula is C27H26BrF3N6O3. The number of nitrogens with one attached hydrogen (secondary N) is 1. The van der Waals surface area contributed by atoms with Gasteiger partial charge in [0.05, 0.1) is 58.9 Å². The monoisotopic (exact) mass is 618 g/mol. The van der Waals surface area contributed by atoms with E-state index in [0.717, 1.165) is 12.1 Å². The molecule has 1 unspecified atom stereocenters. The molecule has 210 valence electrons. The van der Waals surface area contributed by atoms with Crippen LogP contribution in [0.2, 0.25) is 0 Å². The molecule has 0 radical (unpaired) electrons. The summed E-state index contributed by atoms with van der Waals surface area (Å²) in [5, 5.41) is 12.9. The third kappa shape index (κ3) is 6.18. The summed E-state index contributed by atoms with van der Waals surface area (Å²) in [4.78, 5) is 27.8. The van der Waals surface area contributed by atoms with Crippen LogP contribution in [-0.4, -0.2) is 40.8 Å². The van der Waals surface area contributed by atoms with Gasteiger partial charge in [0.2, 0.25) is 5.88 Å². The number of rotatable bonds is 7. The molecule has 2 aromatic heterocycles. The first-order valence-electron chi connectivity index (χ1n) is 12.5. The summed E-state index contributed by atoms with van der Waals surface area (Å²) in [5.74, 6) is 0.489. The van der Waals surface area contributed by atoms with Crippen molar-refractivity contribution in [2.45, 2.75) is 51.0 Å². The molecule has 0 aliphatic carbocycles. The second-order valence-corrected chi connectivity index (χ2v) is 9.91. The van der Waals surface area contributed by atoms with Crippen molar-refractivity contribution in [2.75, 3.05) is 18.6 Å². The minimum atomic E-state index is -4.67. The van der Waals surface area contributed by atoms with E-state index in [2.05, 4.69) is 36.2 Å². The summed E-state index contributed by atoms with van der Waals surface area (Å²) in [6, 6.07) is 6.49. The maximum absolute atomic E-state index is 13.8. The molecule has 0 fully saturated rings. The summed E-state index contributed by atoms with van der Waals surface area (Å²) in [7, 11) is 1.46. The number of anilines is 1. The number of amides is 1. The first-order chi connectivity index (χ1) is 19.1. The second kappa shape index (κ2) is 12.2. The van der Waals surface area contributed by atoms with Gasteiger partial charge in [-0.2, -0.15) is 18.4 Å². The summed E-state index contributed by atoms with van der Waals surface area (Å²) in [6.45, 7) is 3.83. The summed E-state index contributed by atoms with van der Waals surface area (Å²) in [5.41, 5.74) is -0.0236. The van der Waals surface area contributed by atoms with Gasteiger partial charge >= 0.3 is 12.3 Å². The number of hydrogen-bond acceptors (Lipinski definition) is 8. The number of nitrogens with zero attached hydrogens (tertiary/aromatic N) is 5. The Bertz CT molecular complexity index is 1410. The van der Waals surface area contributed by atoms with Crippen LogP contribution < -0.4 is 15.0 Å². The topological polar surface area (TPSA) is 113 Å². The van der Waals surface area contributed by atoms with Crippen LogP contribution in [0, 0.1) is 11.3 Å². The van der Waals surface area contributed by atoms with Gasteiger partial charge in [-0.25, -0.2) is 19.7 Å². The van der Waals surface area contributed by atoms with Crippen molar-refractivity contribution in [3.05, 3.63) is 75.4 Å². The second-order valence-electron chi connectivity index (χ2n) is 8.99. The average molecular weight is 619 g/mol. The van der Waals surface area contributed by atoms with E-state index in [1.54, 1.807) is 24.0 Å². The summed E-state index contributed by atoms with van der Waals surface area (Å²) >= 11 is 3.29. The number of nitriles is 1. The number of benzene rings is 1. The molecule has 13 heteroatoms. The number of aromatic nitrogens is 3. The van der Waals surface area contributed by atoms with Gasteiger partial charge < -0.3 is 9.47 Å². The van der Waals surface area contributed by atoms with Crippen molar-refractivity contribution in [3.63, 3.8) is 0 Å². The minimum Gasteiger partial charge on any atom is -0.481 e. The van der Waals surface area contributed by atoms with Crippen molar-refractivity contribution in [3.8, 4) is 11.9 Å². The van der Waals surface area contributed by atoms with Crippen molar-refractivity contribution < 1.29 is 27.4 Å². The molecule has 1 aliphatic rings. The molecule has 3 atom stereocenters. The number of methoxy groups -OCH3 is 1. The number of pyridine rings is 1. The number of alkyl halides is 3. The molecule has 3 heterocycles. The first-order valence-corrected chi connectivity index (χ1v) is 13.3. The van der Waals surface area contributed by atoms with Crippen LogP contribution in [0.25, 0.3) is 0 Å². The predicted octanol–water partition coefficient (Wildman–Crippen LogP) is 6.10. The quantitative estimate of drug-likeness (QED) is 0.338. The lowest BCUT2D eigenvalue weighted by molar-refractivity contribution is -0.137. The van der Waals surface area contributed by atoms with E-state index >= 15 is 0 Å². The van der Waals surface area contributed by atoms with Gasteiger partial charge in [0.1, 0.15) is 5.82 Å². The van der Waals surface area contributed by atoms with Gasteiger partial charge in [-0.05, 0) is 65.5 Å². The first kappa shape index (κ1) is 29.2. The fraction of sp³-hybridized carbons (Fsp3) is 0.370. The Hall–Kier alpha value is -3.76. The van der Waals surface area contributed by atoms with Gasteiger partial charge in [-0.3, -0.25) is 10.2 Å². The van der Waals surface area contributed by atoms with Crippen LogP contribution in [0.15, 0.2) is 47.2 Å². The van der Waals surface area contributed by atoms with Crippen molar-refractivity contribution in [2.24, 2.45) is 0 Å². The van der Waals surface area contributed by atoms with E-state index in [9.17, 15) is 23.2 Å². The van der Waals surface area contributed by atoms with Crippen molar-refractivity contribution >= 4 is 27.7 Å². The number of ether oxygens (including phenoxy) is 2. The third-order valence-electron chi connectivity index (χ3n) is 6.50. The standard InChI is InChI=1S/C27H26BrF3N6O3/c1-4-19-11-20(24-21(6-7-22(36-24)39-3)37(19)26(38)40-5-2)35-23(25-33-13-18(28)14-34-25)16-8-15(12-32)9-17(10-16)27(29,30)31/h6-10,13-14,19-20,23,35H,4-5,11H2,1-3H3/t19-,20+,23?/m1/s1. The van der Waals surface area contributed by atoms with Gasteiger partial charge in [-0.15, -0.1) is 0 Å². The lowest BCUT2D eigenvalue weighted by Gasteiger charge is -2.40. The molecule has 9 nitrogen and oxygen atoms in total. The van der Waals surface area contributed by atoms with E-state index < -0.39 is 29.9 Å². The van der Waals surface area contributed by atoms with E-state index in [4.69, 9.17) is 9.47 Å². The Kier molecular flexibility index (Phi) is 8.90. The zero-order valence-electron chi connectivity index (χ0n) is 21.9. The number of halogens is 4. The van der Waals surface area contributed by atoms with Gasteiger partial charge in [0.15, 0.2) is 0 Å². The maximum atomic E-state index is 13.8. The van der Waals surface area contributed by atoms with E-state index in [0.29, 0.717) is 34.6 Å². The van der Waals surface area contributed by atoms with Crippen LogP contribution in [0.1, 0.15) is 67.0 Å². The van der Waals surface area contributed by atoms with Gasteiger partial charge in [0.25, 0.3) is 0 Å². The molecule has 40 heavy (non-hydrogen) atoms. The normalized spacial score (nSPS) is 17.5. The molecule has 1 amide bonds. The fourth-order valence-electron chi connectivity index (χ4n) is 4.68. The Labute approximate surface area is 237 Å². The smallest absolute Gasteiger partial charge is 0.416 e.